The Balaban J connectivity index is 2.27. The summed E-state index contributed by atoms with van der Waals surface area (Å²) in [5, 5.41) is 9.09. The minimum atomic E-state index is -3.82. The van der Waals surface area contributed by atoms with Crippen molar-refractivity contribution in [3.8, 4) is 5.75 Å². The van der Waals surface area contributed by atoms with Crippen LogP contribution in [0.1, 0.15) is 24.9 Å². The van der Waals surface area contributed by atoms with Gasteiger partial charge in [-0.3, -0.25) is 4.79 Å². The van der Waals surface area contributed by atoms with Crippen molar-refractivity contribution in [3.63, 3.8) is 0 Å². The van der Waals surface area contributed by atoms with Gasteiger partial charge in [0, 0.05) is 0 Å². The number of benzene rings is 2. The number of sulfonamides is 1. The van der Waals surface area contributed by atoms with Crippen LogP contribution in [-0.2, 0) is 14.8 Å². The summed E-state index contributed by atoms with van der Waals surface area (Å²) in [6, 6.07) is 13.7. The van der Waals surface area contributed by atoms with Gasteiger partial charge in [0.15, 0.2) is 0 Å². The van der Waals surface area contributed by atoms with Gasteiger partial charge in [-0.2, -0.15) is 0 Å². The standard InChI is InChI=1S/C17H19NO5S/c1-2-23-14-10-8-13(9-11-14)16(12-17(19)20)18-24(21,22)15-6-4-3-5-7-15/h3-11,16,18H,2,12H2,1H3,(H,19,20)/t16-/m1/s1. The van der Waals surface area contributed by atoms with Crippen LogP contribution in [0.4, 0.5) is 0 Å². The van der Waals surface area contributed by atoms with Crippen LogP contribution in [0.5, 0.6) is 5.75 Å². The summed E-state index contributed by atoms with van der Waals surface area (Å²) in [6.45, 7) is 2.37. The number of rotatable bonds is 8. The molecular formula is C17H19NO5S. The second-order valence-corrected chi connectivity index (χ2v) is 6.80. The molecule has 0 fully saturated rings. The maximum atomic E-state index is 12.4. The number of ether oxygens (including phenoxy) is 1. The largest absolute Gasteiger partial charge is 0.494 e. The zero-order valence-electron chi connectivity index (χ0n) is 13.2. The average molecular weight is 349 g/mol. The van der Waals surface area contributed by atoms with E-state index in [9.17, 15) is 13.2 Å². The van der Waals surface area contributed by atoms with Crippen molar-refractivity contribution in [1.82, 2.24) is 4.72 Å². The number of carboxylic acid groups (broad SMARTS) is 1. The van der Waals surface area contributed by atoms with E-state index in [2.05, 4.69) is 4.72 Å². The first-order chi connectivity index (χ1) is 11.4. The number of hydrogen-bond donors (Lipinski definition) is 2. The molecule has 0 heterocycles. The molecule has 24 heavy (non-hydrogen) atoms. The van der Waals surface area contributed by atoms with Gasteiger partial charge in [-0.1, -0.05) is 30.3 Å². The molecule has 0 aliphatic rings. The van der Waals surface area contributed by atoms with Crippen molar-refractivity contribution in [2.24, 2.45) is 0 Å². The van der Waals surface area contributed by atoms with Crippen molar-refractivity contribution < 1.29 is 23.1 Å². The molecule has 0 spiro atoms. The Bertz CT molecular complexity index is 772. The predicted molar refractivity (Wildman–Crippen MR) is 89.4 cm³/mol. The van der Waals surface area contributed by atoms with E-state index < -0.39 is 22.0 Å². The summed E-state index contributed by atoms with van der Waals surface area (Å²) in [5.41, 5.74) is 0.556. The normalized spacial score (nSPS) is 12.5. The minimum absolute atomic E-state index is 0.0892. The molecule has 2 aromatic carbocycles. The van der Waals surface area contributed by atoms with E-state index in [1.807, 2.05) is 6.92 Å². The number of hydrogen-bond acceptors (Lipinski definition) is 4. The van der Waals surface area contributed by atoms with E-state index >= 15 is 0 Å². The third kappa shape index (κ3) is 4.81. The maximum absolute atomic E-state index is 12.4. The number of carboxylic acids is 1. The molecule has 0 aliphatic heterocycles. The first kappa shape index (κ1) is 18.0. The summed E-state index contributed by atoms with van der Waals surface area (Å²) in [4.78, 5) is 11.2. The van der Waals surface area contributed by atoms with E-state index in [0.717, 1.165) is 0 Å². The summed E-state index contributed by atoms with van der Waals surface area (Å²) in [7, 11) is -3.82. The van der Waals surface area contributed by atoms with Crippen molar-refractivity contribution in [1.29, 1.82) is 0 Å². The number of aliphatic carboxylic acids is 1. The Hall–Kier alpha value is -2.38. The number of carbonyl (C=O) groups is 1. The fourth-order valence-electron chi connectivity index (χ4n) is 2.22. The van der Waals surface area contributed by atoms with Crippen LogP contribution < -0.4 is 9.46 Å². The second-order valence-electron chi connectivity index (χ2n) is 5.09. The molecule has 128 valence electrons. The van der Waals surface area contributed by atoms with Crippen LogP contribution in [0.25, 0.3) is 0 Å². The highest BCUT2D eigenvalue weighted by molar-refractivity contribution is 7.89. The highest BCUT2D eigenvalue weighted by Gasteiger charge is 2.23. The molecule has 0 unspecified atom stereocenters. The molecule has 2 N–H and O–H groups in total. The third-order valence-corrected chi connectivity index (χ3v) is 4.81. The predicted octanol–water partition coefficient (Wildman–Crippen LogP) is 2.58. The van der Waals surface area contributed by atoms with Crippen LogP contribution in [0, 0.1) is 0 Å². The minimum Gasteiger partial charge on any atom is -0.494 e. The van der Waals surface area contributed by atoms with Gasteiger partial charge in [0.1, 0.15) is 5.75 Å². The van der Waals surface area contributed by atoms with Gasteiger partial charge in [0.25, 0.3) is 0 Å². The van der Waals surface area contributed by atoms with Gasteiger partial charge in [0.2, 0.25) is 10.0 Å². The highest BCUT2D eigenvalue weighted by atomic mass is 32.2. The molecular weight excluding hydrogens is 330 g/mol. The number of nitrogens with one attached hydrogen (secondary N) is 1. The van der Waals surface area contributed by atoms with E-state index in [-0.39, 0.29) is 11.3 Å². The van der Waals surface area contributed by atoms with E-state index in [1.54, 1.807) is 42.5 Å². The molecule has 0 bridgehead atoms. The Morgan fingerprint density at radius 1 is 1.12 bits per heavy atom. The zero-order chi connectivity index (χ0) is 17.6. The van der Waals surface area contributed by atoms with E-state index in [4.69, 9.17) is 9.84 Å². The lowest BCUT2D eigenvalue weighted by Gasteiger charge is -2.18. The second kappa shape index (κ2) is 7.94. The Morgan fingerprint density at radius 2 is 1.75 bits per heavy atom. The van der Waals surface area contributed by atoms with Crippen molar-refractivity contribution in [3.05, 3.63) is 60.2 Å². The highest BCUT2D eigenvalue weighted by Crippen LogP contribution is 2.23. The Kier molecular flexibility index (Phi) is 5.94. The van der Waals surface area contributed by atoms with Gasteiger partial charge in [-0.25, -0.2) is 13.1 Å². The first-order valence-electron chi connectivity index (χ1n) is 7.44. The molecule has 7 heteroatoms. The van der Waals surface area contributed by atoms with Crippen molar-refractivity contribution in [2.75, 3.05) is 6.61 Å². The van der Waals surface area contributed by atoms with Gasteiger partial charge < -0.3 is 9.84 Å². The lowest BCUT2D eigenvalue weighted by molar-refractivity contribution is -0.137. The lowest BCUT2D eigenvalue weighted by atomic mass is 10.0. The van der Waals surface area contributed by atoms with Crippen molar-refractivity contribution in [2.45, 2.75) is 24.3 Å². The van der Waals surface area contributed by atoms with Crippen LogP contribution in [0.3, 0.4) is 0 Å². The van der Waals surface area contributed by atoms with Crippen molar-refractivity contribution >= 4 is 16.0 Å². The van der Waals surface area contributed by atoms with Gasteiger partial charge in [-0.15, -0.1) is 0 Å². The smallest absolute Gasteiger partial charge is 0.305 e. The van der Waals surface area contributed by atoms with Gasteiger partial charge >= 0.3 is 5.97 Å². The quantitative estimate of drug-likeness (QED) is 0.764. The SMILES string of the molecule is CCOc1ccc([C@@H](CC(=O)O)NS(=O)(=O)c2ccccc2)cc1. The molecule has 0 radical (unpaired) electrons. The molecule has 0 aromatic heterocycles. The van der Waals surface area contributed by atoms with Gasteiger partial charge in [-0.05, 0) is 36.8 Å². The molecule has 0 saturated heterocycles. The molecule has 6 nitrogen and oxygen atoms in total. The van der Waals surface area contributed by atoms with E-state index in [1.165, 1.54) is 12.1 Å². The van der Waals surface area contributed by atoms with E-state index in [0.29, 0.717) is 17.9 Å². The zero-order valence-corrected chi connectivity index (χ0v) is 14.0. The van der Waals surface area contributed by atoms with Crippen LogP contribution in [0.15, 0.2) is 59.5 Å². The third-order valence-electron chi connectivity index (χ3n) is 3.32. The maximum Gasteiger partial charge on any atom is 0.305 e. The van der Waals surface area contributed by atoms with Gasteiger partial charge in [0.05, 0.1) is 24.0 Å². The first-order valence-corrected chi connectivity index (χ1v) is 8.92. The van der Waals surface area contributed by atoms with Crippen LogP contribution in [0.2, 0.25) is 0 Å². The molecule has 0 saturated carbocycles. The Morgan fingerprint density at radius 3 is 2.29 bits per heavy atom. The summed E-state index contributed by atoms with van der Waals surface area (Å²) >= 11 is 0. The molecule has 2 rings (SSSR count). The fraction of sp³-hybridized carbons (Fsp3) is 0.235. The molecule has 0 amide bonds. The summed E-state index contributed by atoms with van der Waals surface area (Å²) in [5.74, 6) is -0.453. The lowest BCUT2D eigenvalue weighted by Crippen LogP contribution is -2.30. The molecule has 2 aromatic rings. The average Bonchev–Trinajstić information content (AvgIpc) is 2.55. The monoisotopic (exact) mass is 349 g/mol. The summed E-state index contributed by atoms with van der Waals surface area (Å²) in [6.07, 6.45) is -0.361. The topological polar surface area (TPSA) is 92.7 Å². The molecule has 1 atom stereocenters. The van der Waals surface area contributed by atoms with Crippen LogP contribution in [-0.4, -0.2) is 26.1 Å². The van der Waals surface area contributed by atoms with Crippen LogP contribution >= 0.6 is 0 Å². The molecule has 0 aliphatic carbocycles. The Labute approximate surface area is 141 Å². The fourth-order valence-corrected chi connectivity index (χ4v) is 3.47. The summed E-state index contributed by atoms with van der Waals surface area (Å²) < 4.78 is 32.7.